The second kappa shape index (κ2) is 7.38. The van der Waals surface area contributed by atoms with Gasteiger partial charge in [0, 0.05) is 30.7 Å². The van der Waals surface area contributed by atoms with Crippen molar-refractivity contribution in [3.05, 3.63) is 48.4 Å². The molecule has 0 aromatic carbocycles. The fourth-order valence-corrected chi connectivity index (χ4v) is 2.00. The lowest BCUT2D eigenvalue weighted by molar-refractivity contribution is 0.0953. The first-order valence-electron chi connectivity index (χ1n) is 6.96. The molecular formula is C16H19N3O. The molecule has 2 heterocycles. The fourth-order valence-electron chi connectivity index (χ4n) is 2.00. The van der Waals surface area contributed by atoms with Crippen molar-refractivity contribution >= 4 is 5.91 Å². The topological polar surface area (TPSA) is 54.9 Å². The maximum atomic E-state index is 12.2. The summed E-state index contributed by atoms with van der Waals surface area (Å²) in [5, 5.41) is 2.95. The van der Waals surface area contributed by atoms with Gasteiger partial charge < -0.3 is 5.32 Å². The number of carbonyl (C=O) groups excluding carboxylic acids is 1. The van der Waals surface area contributed by atoms with Crippen LogP contribution < -0.4 is 5.32 Å². The van der Waals surface area contributed by atoms with Crippen LogP contribution >= 0.6 is 0 Å². The highest BCUT2D eigenvalue weighted by atomic mass is 16.1. The number of rotatable bonds is 6. The molecule has 104 valence electrons. The van der Waals surface area contributed by atoms with Crippen LogP contribution in [-0.4, -0.2) is 22.4 Å². The Labute approximate surface area is 119 Å². The first kappa shape index (κ1) is 14.2. The predicted molar refractivity (Wildman–Crippen MR) is 79.3 cm³/mol. The molecule has 20 heavy (non-hydrogen) atoms. The molecule has 0 saturated carbocycles. The molecule has 1 amide bonds. The third-order valence-corrected chi connectivity index (χ3v) is 3.07. The number of pyridine rings is 2. The van der Waals surface area contributed by atoms with Crippen LogP contribution in [0.25, 0.3) is 11.3 Å². The second-order valence-electron chi connectivity index (χ2n) is 4.60. The van der Waals surface area contributed by atoms with Crippen molar-refractivity contribution in [3.8, 4) is 11.3 Å². The summed E-state index contributed by atoms with van der Waals surface area (Å²) in [6.07, 6.45) is 8.38. The Balaban J connectivity index is 2.14. The van der Waals surface area contributed by atoms with E-state index < -0.39 is 0 Å². The van der Waals surface area contributed by atoms with E-state index in [1.165, 1.54) is 0 Å². The summed E-state index contributed by atoms with van der Waals surface area (Å²) in [5.74, 6) is -0.0685. The molecule has 0 fully saturated rings. The van der Waals surface area contributed by atoms with Crippen molar-refractivity contribution in [2.24, 2.45) is 0 Å². The number of nitrogens with one attached hydrogen (secondary N) is 1. The zero-order valence-corrected chi connectivity index (χ0v) is 11.7. The zero-order valence-electron chi connectivity index (χ0n) is 11.7. The van der Waals surface area contributed by atoms with Gasteiger partial charge in [0.15, 0.2) is 0 Å². The van der Waals surface area contributed by atoms with Gasteiger partial charge in [0.05, 0.1) is 11.3 Å². The van der Waals surface area contributed by atoms with Gasteiger partial charge in [-0.2, -0.15) is 0 Å². The van der Waals surface area contributed by atoms with Crippen molar-refractivity contribution < 1.29 is 4.79 Å². The lowest BCUT2D eigenvalue weighted by Crippen LogP contribution is -2.25. The summed E-state index contributed by atoms with van der Waals surface area (Å²) >= 11 is 0. The standard InChI is InChI=1S/C16H19N3O/c1-2-3-4-9-19-16(20)14-6-5-10-18-15(14)13-7-11-17-12-8-13/h5-8,10-12H,2-4,9H2,1H3,(H,19,20). The molecule has 0 radical (unpaired) electrons. The summed E-state index contributed by atoms with van der Waals surface area (Å²) in [6, 6.07) is 7.30. The van der Waals surface area contributed by atoms with Crippen molar-refractivity contribution in [1.29, 1.82) is 0 Å². The monoisotopic (exact) mass is 269 g/mol. The molecule has 4 heteroatoms. The number of unbranched alkanes of at least 4 members (excludes halogenated alkanes) is 2. The minimum absolute atomic E-state index is 0.0685. The van der Waals surface area contributed by atoms with Gasteiger partial charge in [-0.1, -0.05) is 19.8 Å². The molecule has 2 aromatic heterocycles. The zero-order chi connectivity index (χ0) is 14.2. The van der Waals surface area contributed by atoms with Gasteiger partial charge >= 0.3 is 0 Å². The molecule has 0 spiro atoms. The van der Waals surface area contributed by atoms with Gasteiger partial charge in [-0.15, -0.1) is 0 Å². The van der Waals surface area contributed by atoms with E-state index in [1.807, 2.05) is 12.1 Å². The van der Waals surface area contributed by atoms with Gasteiger partial charge in [-0.3, -0.25) is 14.8 Å². The fraction of sp³-hybridized carbons (Fsp3) is 0.312. The van der Waals surface area contributed by atoms with Gasteiger partial charge in [0.1, 0.15) is 0 Å². The number of aromatic nitrogens is 2. The lowest BCUT2D eigenvalue weighted by Gasteiger charge is -2.09. The van der Waals surface area contributed by atoms with Crippen LogP contribution in [0.3, 0.4) is 0 Å². The van der Waals surface area contributed by atoms with Crippen LogP contribution in [0.5, 0.6) is 0 Å². The number of nitrogens with zero attached hydrogens (tertiary/aromatic N) is 2. The maximum absolute atomic E-state index is 12.2. The molecule has 2 aromatic rings. The van der Waals surface area contributed by atoms with Crippen molar-refractivity contribution in [3.63, 3.8) is 0 Å². The van der Waals surface area contributed by atoms with E-state index >= 15 is 0 Å². The smallest absolute Gasteiger partial charge is 0.253 e. The van der Waals surface area contributed by atoms with E-state index in [4.69, 9.17) is 0 Å². The summed E-state index contributed by atoms with van der Waals surface area (Å²) in [4.78, 5) is 20.5. The van der Waals surface area contributed by atoms with Crippen LogP contribution in [-0.2, 0) is 0 Å². The molecule has 2 rings (SSSR count). The van der Waals surface area contributed by atoms with Crippen LogP contribution in [0.1, 0.15) is 36.5 Å². The van der Waals surface area contributed by atoms with Crippen LogP contribution in [0.2, 0.25) is 0 Å². The molecule has 4 nitrogen and oxygen atoms in total. The molecule has 1 N–H and O–H groups in total. The highest BCUT2D eigenvalue weighted by Gasteiger charge is 2.12. The quantitative estimate of drug-likeness (QED) is 0.820. The highest BCUT2D eigenvalue weighted by Crippen LogP contribution is 2.20. The Morgan fingerprint density at radius 3 is 2.70 bits per heavy atom. The molecule has 0 atom stereocenters. The number of hydrogen-bond acceptors (Lipinski definition) is 3. The van der Waals surface area contributed by atoms with Crippen LogP contribution in [0, 0.1) is 0 Å². The van der Waals surface area contributed by atoms with Crippen molar-refractivity contribution in [1.82, 2.24) is 15.3 Å². The maximum Gasteiger partial charge on any atom is 0.253 e. The van der Waals surface area contributed by atoms with E-state index in [0.717, 1.165) is 24.8 Å². The molecule has 0 bridgehead atoms. The minimum Gasteiger partial charge on any atom is -0.352 e. The SMILES string of the molecule is CCCCCNC(=O)c1cccnc1-c1ccncc1. The van der Waals surface area contributed by atoms with Gasteiger partial charge in [-0.25, -0.2) is 0 Å². The van der Waals surface area contributed by atoms with E-state index in [-0.39, 0.29) is 5.91 Å². The first-order chi connectivity index (χ1) is 9.83. The van der Waals surface area contributed by atoms with E-state index in [9.17, 15) is 4.79 Å². The van der Waals surface area contributed by atoms with Crippen LogP contribution in [0.15, 0.2) is 42.9 Å². The normalized spacial score (nSPS) is 10.2. The highest BCUT2D eigenvalue weighted by molar-refractivity contribution is 5.99. The largest absolute Gasteiger partial charge is 0.352 e. The van der Waals surface area contributed by atoms with Gasteiger partial charge in [0.25, 0.3) is 5.91 Å². The predicted octanol–water partition coefficient (Wildman–Crippen LogP) is 3.06. The number of carbonyl (C=O) groups is 1. The molecule has 0 unspecified atom stereocenters. The number of hydrogen-bond donors (Lipinski definition) is 1. The molecule has 0 saturated heterocycles. The Bertz CT molecular complexity index is 555. The molecule has 0 aliphatic carbocycles. The molecular weight excluding hydrogens is 250 g/mol. The van der Waals surface area contributed by atoms with Crippen LogP contribution in [0.4, 0.5) is 0 Å². The lowest BCUT2D eigenvalue weighted by atomic mass is 10.1. The Morgan fingerprint density at radius 2 is 1.95 bits per heavy atom. The van der Waals surface area contributed by atoms with Crippen molar-refractivity contribution in [2.45, 2.75) is 26.2 Å². The Kier molecular flexibility index (Phi) is 5.24. The summed E-state index contributed by atoms with van der Waals surface area (Å²) in [6.45, 7) is 2.85. The van der Waals surface area contributed by atoms with E-state index in [0.29, 0.717) is 17.8 Å². The Hall–Kier alpha value is -2.23. The third-order valence-electron chi connectivity index (χ3n) is 3.07. The number of amides is 1. The first-order valence-corrected chi connectivity index (χ1v) is 6.96. The average Bonchev–Trinajstić information content (AvgIpc) is 2.52. The summed E-state index contributed by atoms with van der Waals surface area (Å²) < 4.78 is 0. The Morgan fingerprint density at radius 1 is 1.15 bits per heavy atom. The minimum atomic E-state index is -0.0685. The molecule has 0 aliphatic heterocycles. The van der Waals surface area contributed by atoms with Gasteiger partial charge in [0.2, 0.25) is 0 Å². The average molecular weight is 269 g/mol. The van der Waals surface area contributed by atoms with E-state index in [2.05, 4.69) is 22.2 Å². The molecule has 0 aliphatic rings. The second-order valence-corrected chi connectivity index (χ2v) is 4.60. The van der Waals surface area contributed by atoms with Crippen molar-refractivity contribution in [2.75, 3.05) is 6.54 Å². The summed E-state index contributed by atoms with van der Waals surface area (Å²) in [7, 11) is 0. The summed E-state index contributed by atoms with van der Waals surface area (Å²) in [5.41, 5.74) is 2.21. The van der Waals surface area contributed by atoms with Gasteiger partial charge in [-0.05, 0) is 30.7 Å². The van der Waals surface area contributed by atoms with E-state index in [1.54, 1.807) is 30.7 Å². The third kappa shape index (κ3) is 3.63.